The number of allylic oxidation sites excluding steroid dienone is 1. The zero-order valence-electron chi connectivity index (χ0n) is 19.9. The van der Waals surface area contributed by atoms with E-state index in [1.807, 2.05) is 43.3 Å². The van der Waals surface area contributed by atoms with Crippen molar-refractivity contribution >= 4 is 33.0 Å². The zero-order chi connectivity index (χ0) is 25.4. The van der Waals surface area contributed by atoms with Crippen LogP contribution in [-0.4, -0.2) is 37.6 Å². The van der Waals surface area contributed by atoms with Crippen molar-refractivity contribution in [3.63, 3.8) is 0 Å². The number of carbonyl (C=O) groups is 2. The fourth-order valence-electron chi connectivity index (χ4n) is 4.93. The van der Waals surface area contributed by atoms with Crippen molar-refractivity contribution in [3.8, 4) is 0 Å². The number of methoxy groups -OCH3 is 1. The number of esters is 1. The lowest BCUT2D eigenvalue weighted by molar-refractivity contribution is -0.136. The van der Waals surface area contributed by atoms with Crippen LogP contribution in [0, 0.1) is 12.8 Å². The molecular weight excluding hydrogens is 474 g/mol. The third-order valence-electron chi connectivity index (χ3n) is 6.69. The van der Waals surface area contributed by atoms with Crippen LogP contribution < -0.4 is 0 Å². The lowest BCUT2D eigenvalue weighted by Crippen LogP contribution is -2.46. The molecule has 0 saturated carbocycles. The van der Waals surface area contributed by atoms with Crippen LogP contribution in [0.3, 0.4) is 0 Å². The molecule has 0 aromatic heterocycles. The third-order valence-corrected chi connectivity index (χ3v) is 8.51. The maximum absolute atomic E-state index is 14.2. The van der Waals surface area contributed by atoms with Crippen LogP contribution in [-0.2, 0) is 24.3 Å². The first-order chi connectivity index (χ1) is 17.3. The molecule has 182 valence electrons. The fraction of sp³-hybridized carbons (Fsp3) is 0.172. The van der Waals surface area contributed by atoms with E-state index in [4.69, 9.17) is 4.74 Å². The Balaban J connectivity index is 1.77. The van der Waals surface area contributed by atoms with Gasteiger partial charge in [-0.25, -0.2) is 13.2 Å². The highest BCUT2D eigenvalue weighted by Crippen LogP contribution is 2.47. The largest absolute Gasteiger partial charge is 0.466 e. The number of hydrogen-bond acceptors (Lipinski definition) is 5. The second-order valence-corrected chi connectivity index (χ2v) is 10.7. The van der Waals surface area contributed by atoms with Crippen LogP contribution in [0.25, 0.3) is 11.3 Å². The van der Waals surface area contributed by atoms with Crippen LogP contribution in [0.2, 0.25) is 0 Å². The van der Waals surface area contributed by atoms with Crippen molar-refractivity contribution in [3.05, 3.63) is 113 Å². The normalized spacial score (nSPS) is 19.7. The van der Waals surface area contributed by atoms with E-state index in [-0.39, 0.29) is 28.4 Å². The lowest BCUT2D eigenvalue weighted by atomic mass is 9.85. The lowest BCUT2D eigenvalue weighted by Gasteiger charge is -2.39. The van der Waals surface area contributed by atoms with E-state index in [0.717, 1.165) is 5.56 Å². The van der Waals surface area contributed by atoms with Gasteiger partial charge in [0.25, 0.3) is 10.0 Å². The number of Topliss-reactive ketones (excluding diaryl/α,β-unsaturated/α-hetero) is 1. The molecule has 1 aliphatic carbocycles. The van der Waals surface area contributed by atoms with E-state index in [9.17, 15) is 18.0 Å². The van der Waals surface area contributed by atoms with Gasteiger partial charge in [0, 0.05) is 5.57 Å². The number of nitrogens with zero attached hydrogens (tertiary/aromatic N) is 1. The Labute approximate surface area is 210 Å². The number of benzene rings is 3. The highest BCUT2D eigenvalue weighted by Gasteiger charge is 2.50. The topological polar surface area (TPSA) is 80.8 Å². The van der Waals surface area contributed by atoms with Gasteiger partial charge in [-0.15, -0.1) is 0 Å². The Hall–Kier alpha value is -3.97. The summed E-state index contributed by atoms with van der Waals surface area (Å²) in [6, 6.07) is 23.8. The highest BCUT2D eigenvalue weighted by molar-refractivity contribution is 7.89. The van der Waals surface area contributed by atoms with E-state index in [2.05, 4.69) is 0 Å². The molecule has 0 fully saturated rings. The summed E-state index contributed by atoms with van der Waals surface area (Å²) in [4.78, 5) is 26.7. The Morgan fingerprint density at radius 1 is 0.889 bits per heavy atom. The number of fused-ring (bicyclic) bond motifs is 1. The molecule has 0 bridgehead atoms. The van der Waals surface area contributed by atoms with Crippen LogP contribution in [0.15, 0.2) is 101 Å². The molecule has 0 amide bonds. The van der Waals surface area contributed by atoms with Crippen molar-refractivity contribution in [1.82, 2.24) is 4.31 Å². The second-order valence-electron chi connectivity index (χ2n) is 8.91. The van der Waals surface area contributed by atoms with Gasteiger partial charge in [-0.1, -0.05) is 78.4 Å². The molecule has 0 unspecified atom stereocenters. The van der Waals surface area contributed by atoms with Crippen molar-refractivity contribution < 1.29 is 22.7 Å². The second kappa shape index (κ2) is 9.24. The molecule has 0 N–H and O–H groups in total. The van der Waals surface area contributed by atoms with E-state index < -0.39 is 28.0 Å². The van der Waals surface area contributed by atoms with Gasteiger partial charge in [-0.3, -0.25) is 9.10 Å². The summed E-state index contributed by atoms with van der Waals surface area (Å²) in [6.45, 7) is 1.88. The quantitative estimate of drug-likeness (QED) is 0.479. The molecule has 2 atom stereocenters. The molecule has 6 nitrogen and oxygen atoms in total. The summed E-state index contributed by atoms with van der Waals surface area (Å²) in [6.07, 6.45) is 1.80. The highest BCUT2D eigenvalue weighted by atomic mass is 32.2. The van der Waals surface area contributed by atoms with Crippen molar-refractivity contribution in [2.75, 3.05) is 7.11 Å². The van der Waals surface area contributed by atoms with Gasteiger partial charge < -0.3 is 4.74 Å². The van der Waals surface area contributed by atoms with Gasteiger partial charge in [0.2, 0.25) is 0 Å². The van der Waals surface area contributed by atoms with E-state index >= 15 is 0 Å². The first kappa shape index (κ1) is 23.8. The third kappa shape index (κ3) is 3.95. The first-order valence-corrected chi connectivity index (χ1v) is 13.1. The number of sulfonamides is 1. The first-order valence-electron chi connectivity index (χ1n) is 11.6. The van der Waals surface area contributed by atoms with Gasteiger partial charge in [0.05, 0.1) is 35.2 Å². The van der Waals surface area contributed by atoms with E-state index in [0.29, 0.717) is 16.7 Å². The number of aryl methyl sites for hydroxylation is 1. The molecule has 3 aromatic carbocycles. The van der Waals surface area contributed by atoms with E-state index in [1.54, 1.807) is 54.6 Å². The molecule has 2 aliphatic rings. The van der Waals surface area contributed by atoms with Gasteiger partial charge in [0.1, 0.15) is 0 Å². The summed E-state index contributed by atoms with van der Waals surface area (Å²) >= 11 is 0. The minimum atomic E-state index is -4.16. The predicted octanol–water partition coefficient (Wildman–Crippen LogP) is 4.62. The molecule has 1 aliphatic heterocycles. The number of ether oxygens (including phenoxy) is 1. The zero-order valence-corrected chi connectivity index (χ0v) is 20.7. The number of carbonyl (C=O) groups excluding carboxylic acids is 2. The number of hydrogen-bond donors (Lipinski definition) is 0. The Bertz CT molecular complexity index is 1490. The predicted molar refractivity (Wildman–Crippen MR) is 137 cm³/mol. The molecule has 5 rings (SSSR count). The van der Waals surface area contributed by atoms with Crippen LogP contribution in [0.5, 0.6) is 0 Å². The summed E-state index contributed by atoms with van der Waals surface area (Å²) in [7, 11) is -2.91. The minimum Gasteiger partial charge on any atom is -0.466 e. The van der Waals surface area contributed by atoms with Crippen molar-refractivity contribution in [2.45, 2.75) is 24.3 Å². The molecule has 3 aromatic rings. The van der Waals surface area contributed by atoms with Crippen LogP contribution >= 0.6 is 0 Å². The maximum Gasteiger partial charge on any atom is 0.335 e. The molecule has 36 heavy (non-hydrogen) atoms. The molecular formula is C29H25NO5S. The SMILES string of the molecule is COC(=O)C1=C(c2ccccc2)N(S(=O)(=O)c2ccc(C)cc2)[C@@H]2C=C(c3ccccc3)C(=O)[C@@H]2C1. The molecule has 0 radical (unpaired) electrons. The Morgan fingerprint density at radius 2 is 1.47 bits per heavy atom. The summed E-state index contributed by atoms with van der Waals surface area (Å²) in [5, 5.41) is 0. The number of ketones is 1. The summed E-state index contributed by atoms with van der Waals surface area (Å²) in [5.41, 5.74) is 3.04. The molecule has 7 heteroatoms. The standard InChI is InChI=1S/C29H25NO5S/c1-19-13-15-22(16-14-19)36(33,34)30-26-18-23(20-9-5-3-6-10-20)28(31)24(26)17-25(29(32)35-2)27(30)21-11-7-4-8-12-21/h3-16,18,24,26H,17H2,1-2H3/t24-,26-/m1/s1. The smallest absolute Gasteiger partial charge is 0.335 e. The average molecular weight is 500 g/mol. The van der Waals surface area contributed by atoms with Crippen molar-refractivity contribution in [2.24, 2.45) is 5.92 Å². The molecule has 0 saturated heterocycles. The van der Waals surface area contributed by atoms with Crippen LogP contribution in [0.4, 0.5) is 0 Å². The molecule has 0 spiro atoms. The summed E-state index contributed by atoms with van der Waals surface area (Å²) < 4.78 is 34.8. The number of rotatable bonds is 5. The maximum atomic E-state index is 14.2. The Morgan fingerprint density at radius 3 is 2.06 bits per heavy atom. The average Bonchev–Trinajstić information content (AvgIpc) is 3.24. The van der Waals surface area contributed by atoms with Gasteiger partial charge in [-0.2, -0.15) is 0 Å². The van der Waals surface area contributed by atoms with Gasteiger partial charge in [-0.05, 0) is 42.7 Å². The van der Waals surface area contributed by atoms with Gasteiger partial charge in [0.15, 0.2) is 5.78 Å². The fourth-order valence-corrected chi connectivity index (χ4v) is 6.62. The molecule has 1 heterocycles. The summed E-state index contributed by atoms with van der Waals surface area (Å²) in [5.74, 6) is -1.59. The Kier molecular flexibility index (Phi) is 6.10. The van der Waals surface area contributed by atoms with Crippen LogP contribution in [0.1, 0.15) is 23.1 Å². The minimum absolute atomic E-state index is 0.0765. The van der Waals surface area contributed by atoms with Crippen molar-refractivity contribution in [1.29, 1.82) is 0 Å². The monoisotopic (exact) mass is 499 g/mol. The van der Waals surface area contributed by atoms with E-state index in [1.165, 1.54) is 11.4 Å². The van der Waals surface area contributed by atoms with Gasteiger partial charge >= 0.3 is 5.97 Å².